The molecule has 3 unspecified atom stereocenters. The standard InChI is InChI=1S/C13H26OS/c1-4-11-6-5-7-12(8-11)13(14)9-15-10(2)3/h10-14H,4-9H2,1-3H3. The van der Waals surface area contributed by atoms with Crippen molar-refractivity contribution >= 4 is 11.8 Å². The molecule has 2 heteroatoms. The third-order valence-electron chi connectivity index (χ3n) is 3.55. The maximum absolute atomic E-state index is 10.1. The molecular formula is C13H26OS. The summed E-state index contributed by atoms with van der Waals surface area (Å²) in [5, 5.41) is 10.8. The minimum absolute atomic E-state index is 0.0632. The van der Waals surface area contributed by atoms with Crippen molar-refractivity contribution in [3.8, 4) is 0 Å². The van der Waals surface area contributed by atoms with E-state index in [2.05, 4.69) is 20.8 Å². The third kappa shape index (κ3) is 4.78. The Morgan fingerprint density at radius 3 is 2.67 bits per heavy atom. The minimum Gasteiger partial charge on any atom is -0.392 e. The summed E-state index contributed by atoms with van der Waals surface area (Å²) in [6.45, 7) is 6.68. The van der Waals surface area contributed by atoms with E-state index in [9.17, 15) is 5.11 Å². The molecule has 1 fully saturated rings. The molecule has 0 aliphatic heterocycles. The van der Waals surface area contributed by atoms with E-state index in [1.165, 1.54) is 32.1 Å². The predicted molar refractivity (Wildman–Crippen MR) is 69.3 cm³/mol. The molecular weight excluding hydrogens is 204 g/mol. The molecule has 0 amide bonds. The van der Waals surface area contributed by atoms with Crippen molar-refractivity contribution in [1.29, 1.82) is 0 Å². The molecule has 0 saturated heterocycles. The third-order valence-corrected chi connectivity index (χ3v) is 4.75. The zero-order valence-electron chi connectivity index (χ0n) is 10.4. The Labute approximate surface area is 99.0 Å². The second kappa shape index (κ2) is 6.80. The lowest BCUT2D eigenvalue weighted by Gasteiger charge is -2.31. The van der Waals surface area contributed by atoms with Crippen LogP contribution in [-0.4, -0.2) is 22.2 Å². The van der Waals surface area contributed by atoms with Crippen molar-refractivity contribution in [3.63, 3.8) is 0 Å². The average Bonchev–Trinajstić information content (AvgIpc) is 2.26. The Bertz CT molecular complexity index is 170. The van der Waals surface area contributed by atoms with Crippen molar-refractivity contribution in [2.24, 2.45) is 11.8 Å². The van der Waals surface area contributed by atoms with Crippen molar-refractivity contribution in [2.45, 2.75) is 64.2 Å². The van der Waals surface area contributed by atoms with Gasteiger partial charge in [-0.2, -0.15) is 11.8 Å². The van der Waals surface area contributed by atoms with Crippen molar-refractivity contribution < 1.29 is 5.11 Å². The van der Waals surface area contributed by atoms with E-state index in [-0.39, 0.29) is 6.10 Å². The molecule has 3 atom stereocenters. The quantitative estimate of drug-likeness (QED) is 0.777. The SMILES string of the molecule is CCC1CCCC(C(O)CSC(C)C)C1. The number of rotatable bonds is 5. The summed E-state index contributed by atoms with van der Waals surface area (Å²) < 4.78 is 0. The van der Waals surface area contributed by atoms with Crippen molar-refractivity contribution in [1.82, 2.24) is 0 Å². The van der Waals surface area contributed by atoms with Gasteiger partial charge in [-0.3, -0.25) is 0 Å². The largest absolute Gasteiger partial charge is 0.392 e. The summed E-state index contributed by atoms with van der Waals surface area (Å²) in [5.74, 6) is 2.39. The summed E-state index contributed by atoms with van der Waals surface area (Å²) in [6, 6.07) is 0. The molecule has 0 radical (unpaired) electrons. The zero-order chi connectivity index (χ0) is 11.3. The fourth-order valence-corrected chi connectivity index (χ4v) is 3.33. The van der Waals surface area contributed by atoms with Crippen LogP contribution in [0.1, 0.15) is 52.9 Å². The van der Waals surface area contributed by atoms with Crippen LogP contribution in [0.4, 0.5) is 0 Å². The fourth-order valence-electron chi connectivity index (χ4n) is 2.48. The van der Waals surface area contributed by atoms with E-state index in [0.29, 0.717) is 11.2 Å². The zero-order valence-corrected chi connectivity index (χ0v) is 11.2. The number of thioether (sulfide) groups is 1. The summed E-state index contributed by atoms with van der Waals surface area (Å²) in [6.07, 6.45) is 6.45. The lowest BCUT2D eigenvalue weighted by molar-refractivity contribution is 0.0861. The first-order valence-electron chi connectivity index (χ1n) is 6.43. The maximum Gasteiger partial charge on any atom is 0.0658 e. The molecule has 90 valence electrons. The molecule has 1 nitrogen and oxygen atoms in total. The fraction of sp³-hybridized carbons (Fsp3) is 1.00. The maximum atomic E-state index is 10.1. The van der Waals surface area contributed by atoms with Crippen LogP contribution in [0.3, 0.4) is 0 Å². The van der Waals surface area contributed by atoms with Gasteiger partial charge >= 0.3 is 0 Å². The Balaban J connectivity index is 2.28. The van der Waals surface area contributed by atoms with Crippen LogP contribution in [0.15, 0.2) is 0 Å². The van der Waals surface area contributed by atoms with Gasteiger partial charge in [-0.1, -0.05) is 40.0 Å². The molecule has 0 aromatic carbocycles. The lowest BCUT2D eigenvalue weighted by Crippen LogP contribution is -2.28. The van der Waals surface area contributed by atoms with Crippen LogP contribution in [0.2, 0.25) is 0 Å². The van der Waals surface area contributed by atoms with Crippen molar-refractivity contribution in [2.75, 3.05) is 5.75 Å². The molecule has 1 aliphatic rings. The number of hydrogen-bond acceptors (Lipinski definition) is 2. The lowest BCUT2D eigenvalue weighted by atomic mass is 9.78. The van der Waals surface area contributed by atoms with Gasteiger partial charge in [0, 0.05) is 5.75 Å². The highest BCUT2D eigenvalue weighted by atomic mass is 32.2. The molecule has 0 heterocycles. The first kappa shape index (κ1) is 13.4. The van der Waals surface area contributed by atoms with Gasteiger partial charge in [-0.05, 0) is 29.9 Å². The van der Waals surface area contributed by atoms with Gasteiger partial charge < -0.3 is 5.11 Å². The second-order valence-electron chi connectivity index (χ2n) is 5.15. The van der Waals surface area contributed by atoms with E-state index in [4.69, 9.17) is 0 Å². The summed E-state index contributed by atoms with van der Waals surface area (Å²) in [7, 11) is 0. The Morgan fingerprint density at radius 2 is 2.07 bits per heavy atom. The molecule has 15 heavy (non-hydrogen) atoms. The highest BCUT2D eigenvalue weighted by Crippen LogP contribution is 2.33. The first-order valence-corrected chi connectivity index (χ1v) is 7.48. The minimum atomic E-state index is -0.0632. The molecule has 0 bridgehead atoms. The normalized spacial score (nSPS) is 29.4. The molecule has 1 saturated carbocycles. The molecule has 0 aromatic heterocycles. The van der Waals surface area contributed by atoms with E-state index in [1.807, 2.05) is 11.8 Å². The highest BCUT2D eigenvalue weighted by molar-refractivity contribution is 7.99. The van der Waals surface area contributed by atoms with Gasteiger partial charge in [0.05, 0.1) is 6.10 Å². The monoisotopic (exact) mass is 230 g/mol. The molecule has 1 N–H and O–H groups in total. The number of aliphatic hydroxyl groups is 1. The van der Waals surface area contributed by atoms with E-state index < -0.39 is 0 Å². The van der Waals surface area contributed by atoms with Gasteiger partial charge in [0.15, 0.2) is 0 Å². The van der Waals surface area contributed by atoms with Crippen LogP contribution in [0.25, 0.3) is 0 Å². The van der Waals surface area contributed by atoms with Gasteiger partial charge in [-0.15, -0.1) is 0 Å². The van der Waals surface area contributed by atoms with Gasteiger partial charge in [-0.25, -0.2) is 0 Å². The van der Waals surface area contributed by atoms with Crippen LogP contribution in [0.5, 0.6) is 0 Å². The topological polar surface area (TPSA) is 20.2 Å². The summed E-state index contributed by atoms with van der Waals surface area (Å²) in [5.41, 5.74) is 0. The molecule has 0 spiro atoms. The average molecular weight is 230 g/mol. The Hall–Kier alpha value is 0.310. The van der Waals surface area contributed by atoms with Crippen LogP contribution >= 0.6 is 11.8 Å². The molecule has 0 aromatic rings. The van der Waals surface area contributed by atoms with E-state index in [0.717, 1.165) is 11.7 Å². The van der Waals surface area contributed by atoms with Gasteiger partial charge in [0.2, 0.25) is 0 Å². The number of aliphatic hydroxyl groups excluding tert-OH is 1. The molecule has 1 rings (SSSR count). The van der Waals surface area contributed by atoms with Crippen LogP contribution in [-0.2, 0) is 0 Å². The van der Waals surface area contributed by atoms with E-state index in [1.54, 1.807) is 0 Å². The highest BCUT2D eigenvalue weighted by Gasteiger charge is 2.26. The smallest absolute Gasteiger partial charge is 0.0658 e. The number of hydrogen-bond donors (Lipinski definition) is 1. The second-order valence-corrected chi connectivity index (χ2v) is 6.76. The predicted octanol–water partition coefficient (Wildman–Crippen LogP) is 3.71. The van der Waals surface area contributed by atoms with E-state index >= 15 is 0 Å². The Morgan fingerprint density at radius 1 is 1.33 bits per heavy atom. The molecule has 1 aliphatic carbocycles. The Kier molecular flexibility index (Phi) is 6.06. The van der Waals surface area contributed by atoms with Crippen LogP contribution < -0.4 is 0 Å². The van der Waals surface area contributed by atoms with Crippen molar-refractivity contribution in [3.05, 3.63) is 0 Å². The van der Waals surface area contributed by atoms with Crippen LogP contribution in [0, 0.1) is 11.8 Å². The van der Waals surface area contributed by atoms with Gasteiger partial charge in [0.25, 0.3) is 0 Å². The summed E-state index contributed by atoms with van der Waals surface area (Å²) in [4.78, 5) is 0. The summed E-state index contributed by atoms with van der Waals surface area (Å²) >= 11 is 1.89. The first-order chi connectivity index (χ1) is 7.13. The van der Waals surface area contributed by atoms with Gasteiger partial charge in [0.1, 0.15) is 0 Å².